The lowest BCUT2D eigenvalue weighted by molar-refractivity contribution is -0.141. The molecule has 0 aliphatic heterocycles. The monoisotopic (exact) mass is 309 g/mol. The van der Waals surface area contributed by atoms with E-state index in [0.29, 0.717) is 0 Å². The van der Waals surface area contributed by atoms with Gasteiger partial charge in [-0.3, -0.25) is 9.59 Å². The van der Waals surface area contributed by atoms with E-state index in [1.165, 1.54) is 7.11 Å². The molecule has 0 saturated carbocycles. The second kappa shape index (κ2) is 6.60. The Labute approximate surface area is 117 Å². The van der Waals surface area contributed by atoms with Crippen LogP contribution in [-0.2, 0) is 20.5 Å². The minimum Gasteiger partial charge on any atom is -0.469 e. The molecule has 0 unspecified atom stereocenters. The predicted molar refractivity (Wildman–Crippen MR) is 66.3 cm³/mol. The van der Waals surface area contributed by atoms with Gasteiger partial charge in [0.1, 0.15) is 0 Å². The Morgan fingerprint density at radius 1 is 1.30 bits per heavy atom. The summed E-state index contributed by atoms with van der Waals surface area (Å²) < 4.78 is 41.9. The van der Waals surface area contributed by atoms with E-state index in [4.69, 9.17) is 11.6 Å². The van der Waals surface area contributed by atoms with E-state index < -0.39 is 23.6 Å². The van der Waals surface area contributed by atoms with Crippen LogP contribution in [0.25, 0.3) is 0 Å². The van der Waals surface area contributed by atoms with Crippen LogP contribution in [0.2, 0.25) is 5.02 Å². The van der Waals surface area contributed by atoms with Crippen LogP contribution in [0.15, 0.2) is 18.2 Å². The van der Waals surface area contributed by atoms with Crippen LogP contribution in [0, 0.1) is 0 Å². The molecule has 1 aromatic rings. The zero-order valence-corrected chi connectivity index (χ0v) is 11.1. The van der Waals surface area contributed by atoms with Crippen molar-refractivity contribution in [3.63, 3.8) is 0 Å². The maximum absolute atomic E-state index is 12.5. The molecule has 0 aliphatic rings. The SMILES string of the molecule is COC(=O)CCC(=O)Nc1cc(C(F)(F)F)ccc1Cl. The van der Waals surface area contributed by atoms with Gasteiger partial charge in [-0.2, -0.15) is 13.2 Å². The average Bonchev–Trinajstić information content (AvgIpc) is 2.37. The van der Waals surface area contributed by atoms with Crippen molar-refractivity contribution >= 4 is 29.2 Å². The highest BCUT2D eigenvalue weighted by atomic mass is 35.5. The highest BCUT2D eigenvalue weighted by Gasteiger charge is 2.31. The zero-order valence-electron chi connectivity index (χ0n) is 10.4. The van der Waals surface area contributed by atoms with Crippen LogP contribution >= 0.6 is 11.6 Å². The number of esters is 1. The summed E-state index contributed by atoms with van der Waals surface area (Å²) in [6.45, 7) is 0. The van der Waals surface area contributed by atoms with Gasteiger partial charge in [0.05, 0.1) is 29.8 Å². The molecule has 0 aromatic heterocycles. The Kier molecular flexibility index (Phi) is 5.38. The fourth-order valence-corrected chi connectivity index (χ4v) is 1.49. The van der Waals surface area contributed by atoms with Gasteiger partial charge in [0, 0.05) is 6.42 Å². The van der Waals surface area contributed by atoms with Gasteiger partial charge in [-0.15, -0.1) is 0 Å². The summed E-state index contributed by atoms with van der Waals surface area (Å²) in [4.78, 5) is 22.3. The lowest BCUT2D eigenvalue weighted by Gasteiger charge is -2.11. The summed E-state index contributed by atoms with van der Waals surface area (Å²) in [6.07, 6.45) is -4.91. The Morgan fingerprint density at radius 2 is 1.95 bits per heavy atom. The number of carbonyl (C=O) groups is 2. The van der Waals surface area contributed by atoms with Crippen molar-refractivity contribution in [2.45, 2.75) is 19.0 Å². The molecule has 1 aromatic carbocycles. The summed E-state index contributed by atoms with van der Waals surface area (Å²) in [5, 5.41) is 2.20. The number of benzene rings is 1. The number of hydrogen-bond acceptors (Lipinski definition) is 3. The van der Waals surface area contributed by atoms with Crippen LogP contribution in [-0.4, -0.2) is 19.0 Å². The summed E-state index contributed by atoms with van der Waals surface area (Å²) >= 11 is 5.71. The van der Waals surface area contributed by atoms with Gasteiger partial charge in [0.15, 0.2) is 0 Å². The quantitative estimate of drug-likeness (QED) is 0.869. The van der Waals surface area contributed by atoms with Gasteiger partial charge < -0.3 is 10.1 Å². The summed E-state index contributed by atoms with van der Waals surface area (Å²) in [6, 6.07) is 2.59. The van der Waals surface area contributed by atoms with E-state index in [0.717, 1.165) is 18.2 Å². The number of methoxy groups -OCH3 is 1. The third-order valence-corrected chi connectivity index (χ3v) is 2.68. The zero-order chi connectivity index (χ0) is 15.3. The standard InChI is InChI=1S/C12H11ClF3NO3/c1-20-11(19)5-4-10(18)17-9-6-7(12(14,15)16)2-3-8(9)13/h2-3,6H,4-5H2,1H3,(H,17,18). The molecule has 20 heavy (non-hydrogen) atoms. The molecule has 0 aliphatic carbocycles. The van der Waals surface area contributed by atoms with E-state index in [2.05, 4.69) is 10.1 Å². The molecule has 0 spiro atoms. The highest BCUT2D eigenvalue weighted by molar-refractivity contribution is 6.33. The van der Waals surface area contributed by atoms with Crippen LogP contribution in [0.1, 0.15) is 18.4 Å². The fourth-order valence-electron chi connectivity index (χ4n) is 1.33. The summed E-state index contributed by atoms with van der Waals surface area (Å²) in [5.74, 6) is -1.22. The van der Waals surface area contributed by atoms with Gasteiger partial charge in [-0.05, 0) is 18.2 Å². The number of anilines is 1. The minimum atomic E-state index is -4.53. The van der Waals surface area contributed by atoms with Crippen LogP contribution in [0.4, 0.5) is 18.9 Å². The Hall–Kier alpha value is -1.76. The van der Waals surface area contributed by atoms with E-state index in [1.807, 2.05) is 0 Å². The first kappa shape index (κ1) is 16.3. The van der Waals surface area contributed by atoms with E-state index in [9.17, 15) is 22.8 Å². The van der Waals surface area contributed by atoms with Gasteiger partial charge in [-0.25, -0.2) is 0 Å². The van der Waals surface area contributed by atoms with E-state index in [-0.39, 0.29) is 23.6 Å². The topological polar surface area (TPSA) is 55.4 Å². The number of amides is 1. The number of ether oxygens (including phenoxy) is 1. The molecule has 0 atom stereocenters. The molecule has 0 fully saturated rings. The number of carbonyl (C=O) groups excluding carboxylic acids is 2. The van der Waals surface area contributed by atoms with Gasteiger partial charge in [0.25, 0.3) is 0 Å². The van der Waals surface area contributed by atoms with Gasteiger partial charge >= 0.3 is 12.1 Å². The molecule has 8 heteroatoms. The molecule has 0 radical (unpaired) electrons. The Bertz CT molecular complexity index is 517. The molecular weight excluding hydrogens is 299 g/mol. The van der Waals surface area contributed by atoms with Crippen molar-refractivity contribution in [3.05, 3.63) is 28.8 Å². The first-order valence-corrected chi connectivity index (χ1v) is 5.85. The van der Waals surface area contributed by atoms with Crippen molar-refractivity contribution < 1.29 is 27.5 Å². The predicted octanol–water partition coefficient (Wildman–Crippen LogP) is 3.25. The molecule has 1 amide bonds. The van der Waals surface area contributed by atoms with Crippen molar-refractivity contribution in [1.29, 1.82) is 0 Å². The van der Waals surface area contributed by atoms with E-state index >= 15 is 0 Å². The third-order valence-electron chi connectivity index (χ3n) is 2.35. The smallest absolute Gasteiger partial charge is 0.416 e. The van der Waals surface area contributed by atoms with Gasteiger partial charge in [0.2, 0.25) is 5.91 Å². The molecule has 1 rings (SSSR count). The van der Waals surface area contributed by atoms with Crippen molar-refractivity contribution in [2.24, 2.45) is 0 Å². The molecule has 0 saturated heterocycles. The number of halogens is 4. The lowest BCUT2D eigenvalue weighted by Crippen LogP contribution is -2.15. The van der Waals surface area contributed by atoms with Crippen molar-refractivity contribution in [2.75, 3.05) is 12.4 Å². The molecule has 110 valence electrons. The normalized spacial score (nSPS) is 11.1. The second-order valence-electron chi connectivity index (χ2n) is 3.82. The van der Waals surface area contributed by atoms with Crippen molar-refractivity contribution in [1.82, 2.24) is 0 Å². The molecule has 1 N–H and O–H groups in total. The molecule has 4 nitrogen and oxygen atoms in total. The average molecular weight is 310 g/mol. The minimum absolute atomic E-state index is 0.0237. The first-order valence-electron chi connectivity index (χ1n) is 5.47. The number of alkyl halides is 3. The largest absolute Gasteiger partial charge is 0.469 e. The van der Waals surface area contributed by atoms with Crippen molar-refractivity contribution in [3.8, 4) is 0 Å². The number of nitrogens with one attached hydrogen (secondary N) is 1. The maximum atomic E-state index is 12.5. The Balaban J connectivity index is 2.76. The second-order valence-corrected chi connectivity index (χ2v) is 4.22. The molecule has 0 heterocycles. The molecular formula is C12H11ClF3NO3. The van der Waals surface area contributed by atoms with E-state index in [1.54, 1.807) is 0 Å². The lowest BCUT2D eigenvalue weighted by atomic mass is 10.2. The molecule has 0 bridgehead atoms. The highest BCUT2D eigenvalue weighted by Crippen LogP contribution is 2.33. The van der Waals surface area contributed by atoms with Gasteiger partial charge in [-0.1, -0.05) is 11.6 Å². The Morgan fingerprint density at radius 3 is 2.50 bits per heavy atom. The maximum Gasteiger partial charge on any atom is 0.416 e. The summed E-state index contributed by atoms with van der Waals surface area (Å²) in [5.41, 5.74) is -1.08. The first-order chi connectivity index (χ1) is 9.24. The van der Waals surface area contributed by atoms with Crippen LogP contribution < -0.4 is 5.32 Å². The van der Waals surface area contributed by atoms with Crippen LogP contribution in [0.5, 0.6) is 0 Å². The fraction of sp³-hybridized carbons (Fsp3) is 0.333. The number of hydrogen-bond donors (Lipinski definition) is 1. The summed E-state index contributed by atoms with van der Waals surface area (Å²) in [7, 11) is 1.17. The number of rotatable bonds is 4. The third kappa shape index (κ3) is 4.73. The van der Waals surface area contributed by atoms with Crippen LogP contribution in [0.3, 0.4) is 0 Å².